The Hall–Kier alpha value is -0.650. The summed E-state index contributed by atoms with van der Waals surface area (Å²) in [5.74, 6) is -1.86. The van der Waals surface area contributed by atoms with Gasteiger partial charge in [0.2, 0.25) is 5.91 Å². The molecule has 3 atom stereocenters. The van der Waals surface area contributed by atoms with Gasteiger partial charge in [-0.2, -0.15) is 0 Å². The molecule has 0 aromatic heterocycles. The van der Waals surface area contributed by atoms with Crippen LogP contribution in [0.4, 0.5) is 0 Å². The molecular weight excluding hydrogens is 162 g/mol. The smallest absolute Gasteiger partial charge is 0.325 e. The van der Waals surface area contributed by atoms with Crippen molar-refractivity contribution in [2.75, 3.05) is 7.11 Å². The van der Waals surface area contributed by atoms with Crippen LogP contribution in [0.5, 0.6) is 0 Å². The molecule has 1 saturated heterocycles. The van der Waals surface area contributed by atoms with Crippen LogP contribution >= 0.6 is 0 Å². The third-order valence-electron chi connectivity index (χ3n) is 1.76. The van der Waals surface area contributed by atoms with Crippen LogP contribution in [0.2, 0.25) is 0 Å². The molecule has 12 heavy (non-hydrogen) atoms. The van der Waals surface area contributed by atoms with E-state index in [9.17, 15) is 9.90 Å². The molecule has 1 fully saturated rings. The van der Waals surface area contributed by atoms with Crippen molar-refractivity contribution >= 4 is 5.97 Å². The van der Waals surface area contributed by atoms with Gasteiger partial charge in [0.25, 0.3) is 0 Å². The Balaban J connectivity index is 2.64. The van der Waals surface area contributed by atoms with Gasteiger partial charge in [-0.05, 0) is 6.92 Å². The molecule has 2 N–H and O–H groups in total. The van der Waals surface area contributed by atoms with Gasteiger partial charge in [0.1, 0.15) is 6.04 Å². The molecule has 0 amide bonds. The number of esters is 1. The number of nitrogens with one attached hydrogen (secondary N) is 1. The quantitative estimate of drug-likeness (QED) is 0.511. The Kier molecular flexibility index (Phi) is 2.36. The van der Waals surface area contributed by atoms with Gasteiger partial charge in [0.05, 0.1) is 13.2 Å². The molecule has 5 heteroatoms. The SMILES string of the molecule is COC(=O)C1NC(C)(O)OC1C. The van der Waals surface area contributed by atoms with Gasteiger partial charge in [0.15, 0.2) is 0 Å². The van der Waals surface area contributed by atoms with E-state index in [4.69, 9.17) is 4.74 Å². The highest BCUT2D eigenvalue weighted by atomic mass is 16.7. The minimum absolute atomic E-state index is 0.382. The highest BCUT2D eigenvalue weighted by molar-refractivity contribution is 5.76. The minimum atomic E-state index is -1.43. The average Bonchev–Trinajstić information content (AvgIpc) is 2.23. The molecule has 1 heterocycles. The van der Waals surface area contributed by atoms with E-state index in [1.54, 1.807) is 6.92 Å². The molecular formula is C7H13NO4. The monoisotopic (exact) mass is 175 g/mol. The maximum Gasteiger partial charge on any atom is 0.325 e. The first kappa shape index (κ1) is 9.44. The summed E-state index contributed by atoms with van der Waals surface area (Å²) in [6, 6.07) is -0.593. The maximum atomic E-state index is 11.0. The van der Waals surface area contributed by atoms with E-state index < -0.39 is 17.9 Å². The van der Waals surface area contributed by atoms with E-state index in [0.29, 0.717) is 0 Å². The number of aliphatic hydroxyl groups is 1. The summed E-state index contributed by atoms with van der Waals surface area (Å²) >= 11 is 0. The summed E-state index contributed by atoms with van der Waals surface area (Å²) in [4.78, 5) is 11.0. The second-order valence-electron chi connectivity index (χ2n) is 2.95. The van der Waals surface area contributed by atoms with Gasteiger partial charge in [-0.15, -0.1) is 0 Å². The summed E-state index contributed by atoms with van der Waals surface area (Å²) < 4.78 is 9.53. The summed E-state index contributed by atoms with van der Waals surface area (Å²) in [6.07, 6.45) is -0.382. The van der Waals surface area contributed by atoms with Gasteiger partial charge in [-0.3, -0.25) is 10.1 Å². The van der Waals surface area contributed by atoms with Crippen molar-refractivity contribution in [3.63, 3.8) is 0 Å². The first-order valence-electron chi connectivity index (χ1n) is 3.72. The standard InChI is InChI=1S/C7H13NO4/c1-4-5(6(9)11-3)8-7(2,10)12-4/h4-5,8,10H,1-3H3. The molecule has 5 nitrogen and oxygen atoms in total. The van der Waals surface area contributed by atoms with E-state index in [1.807, 2.05) is 0 Å². The van der Waals surface area contributed by atoms with Crippen LogP contribution in [0.3, 0.4) is 0 Å². The Morgan fingerprint density at radius 3 is 2.67 bits per heavy atom. The number of carbonyl (C=O) groups excluding carboxylic acids is 1. The molecule has 1 rings (SSSR count). The first-order valence-corrected chi connectivity index (χ1v) is 3.72. The second-order valence-corrected chi connectivity index (χ2v) is 2.95. The lowest BCUT2D eigenvalue weighted by Crippen LogP contribution is -2.45. The van der Waals surface area contributed by atoms with Crippen molar-refractivity contribution in [3.8, 4) is 0 Å². The molecule has 0 spiro atoms. The highest BCUT2D eigenvalue weighted by Gasteiger charge is 2.43. The Bertz CT molecular complexity index is 192. The molecule has 0 bridgehead atoms. The molecule has 0 saturated carbocycles. The van der Waals surface area contributed by atoms with Crippen LogP contribution in [-0.2, 0) is 14.3 Å². The molecule has 3 unspecified atom stereocenters. The van der Waals surface area contributed by atoms with Crippen molar-refractivity contribution in [2.45, 2.75) is 31.9 Å². The summed E-state index contributed by atoms with van der Waals surface area (Å²) in [7, 11) is 1.30. The fourth-order valence-electron chi connectivity index (χ4n) is 1.25. The largest absolute Gasteiger partial charge is 0.468 e. The van der Waals surface area contributed by atoms with Gasteiger partial charge < -0.3 is 14.6 Å². The maximum absolute atomic E-state index is 11.0. The predicted octanol–water partition coefficient (Wildman–Crippen LogP) is -0.798. The summed E-state index contributed by atoms with van der Waals surface area (Å²) in [5.41, 5.74) is 0. The van der Waals surface area contributed by atoms with Crippen molar-refractivity contribution in [2.24, 2.45) is 0 Å². The van der Waals surface area contributed by atoms with Crippen LogP contribution in [0.15, 0.2) is 0 Å². The van der Waals surface area contributed by atoms with E-state index in [2.05, 4.69) is 10.1 Å². The zero-order valence-electron chi connectivity index (χ0n) is 7.33. The van der Waals surface area contributed by atoms with Gasteiger partial charge in [-0.1, -0.05) is 0 Å². The summed E-state index contributed by atoms with van der Waals surface area (Å²) in [5, 5.41) is 11.9. The Morgan fingerprint density at radius 1 is 1.75 bits per heavy atom. The van der Waals surface area contributed by atoms with Crippen molar-refractivity contribution in [1.29, 1.82) is 0 Å². The zero-order chi connectivity index (χ0) is 9.35. The highest BCUT2D eigenvalue weighted by Crippen LogP contribution is 2.19. The molecule has 0 aliphatic carbocycles. The van der Waals surface area contributed by atoms with E-state index in [0.717, 1.165) is 0 Å². The molecule has 0 radical (unpaired) electrons. The van der Waals surface area contributed by atoms with Gasteiger partial charge in [0, 0.05) is 6.92 Å². The Morgan fingerprint density at radius 2 is 2.33 bits per heavy atom. The van der Waals surface area contributed by atoms with E-state index >= 15 is 0 Å². The van der Waals surface area contributed by atoms with E-state index in [-0.39, 0.29) is 6.10 Å². The lowest BCUT2D eigenvalue weighted by atomic mass is 10.2. The van der Waals surface area contributed by atoms with E-state index in [1.165, 1.54) is 14.0 Å². The molecule has 0 aromatic carbocycles. The zero-order valence-corrected chi connectivity index (χ0v) is 7.33. The van der Waals surface area contributed by atoms with Crippen molar-refractivity contribution in [1.82, 2.24) is 5.32 Å². The Labute approximate surface area is 70.7 Å². The number of rotatable bonds is 1. The predicted molar refractivity (Wildman–Crippen MR) is 40.1 cm³/mol. The number of methoxy groups -OCH3 is 1. The second kappa shape index (κ2) is 3.01. The lowest BCUT2D eigenvalue weighted by molar-refractivity contribution is -0.187. The fourth-order valence-corrected chi connectivity index (χ4v) is 1.25. The lowest BCUT2D eigenvalue weighted by Gasteiger charge is -2.15. The number of carbonyl (C=O) groups is 1. The molecule has 1 aliphatic heterocycles. The molecule has 1 aliphatic rings. The fraction of sp³-hybridized carbons (Fsp3) is 0.857. The normalized spacial score (nSPS) is 41.3. The average molecular weight is 175 g/mol. The van der Waals surface area contributed by atoms with Crippen LogP contribution in [0.25, 0.3) is 0 Å². The minimum Gasteiger partial charge on any atom is -0.468 e. The number of ether oxygens (including phenoxy) is 2. The summed E-state index contributed by atoms with van der Waals surface area (Å²) in [6.45, 7) is 3.13. The molecule has 70 valence electrons. The number of hydrogen-bond acceptors (Lipinski definition) is 5. The van der Waals surface area contributed by atoms with Crippen LogP contribution in [-0.4, -0.2) is 36.2 Å². The van der Waals surface area contributed by atoms with Crippen LogP contribution < -0.4 is 5.32 Å². The number of hydrogen-bond donors (Lipinski definition) is 2. The third kappa shape index (κ3) is 1.74. The van der Waals surface area contributed by atoms with Crippen LogP contribution in [0.1, 0.15) is 13.8 Å². The van der Waals surface area contributed by atoms with Gasteiger partial charge in [-0.25, -0.2) is 0 Å². The van der Waals surface area contributed by atoms with Crippen molar-refractivity contribution in [3.05, 3.63) is 0 Å². The van der Waals surface area contributed by atoms with Gasteiger partial charge >= 0.3 is 5.97 Å². The van der Waals surface area contributed by atoms with Crippen molar-refractivity contribution < 1.29 is 19.4 Å². The topological polar surface area (TPSA) is 67.8 Å². The molecule has 0 aromatic rings. The third-order valence-corrected chi connectivity index (χ3v) is 1.76. The first-order chi connectivity index (χ1) is 5.46. The van der Waals surface area contributed by atoms with Crippen LogP contribution in [0, 0.1) is 0 Å².